The van der Waals surface area contributed by atoms with E-state index in [1.807, 2.05) is 0 Å². The summed E-state index contributed by atoms with van der Waals surface area (Å²) in [4.78, 5) is 0. The Balaban J connectivity index is 2.30. The molecule has 0 saturated heterocycles. The van der Waals surface area contributed by atoms with Crippen molar-refractivity contribution in [1.29, 1.82) is 0 Å². The molecule has 60 valence electrons. The maximum atomic E-state index is 3.78. The molecule has 0 aromatic heterocycles. The molecule has 0 atom stereocenters. The van der Waals surface area contributed by atoms with E-state index in [0.717, 1.165) is 0 Å². The Kier molecular flexibility index (Phi) is 3.22. The minimum atomic E-state index is 0.466. The molecule has 0 nitrogen and oxygen atoms in total. The number of rotatable bonds is 0. The van der Waals surface area contributed by atoms with Gasteiger partial charge in [-0.2, -0.15) is 0 Å². The van der Waals surface area contributed by atoms with Gasteiger partial charge in [-0.25, -0.2) is 0 Å². The second kappa shape index (κ2) is 3.75. The summed E-state index contributed by atoms with van der Waals surface area (Å²) >= 11 is 3.78. The highest BCUT2D eigenvalue weighted by molar-refractivity contribution is 9.10. The number of hydrogen-bond donors (Lipinski definition) is 0. The smallest absolute Gasteiger partial charge is 0.0229 e. The van der Waals surface area contributed by atoms with E-state index >= 15 is 0 Å². The summed E-state index contributed by atoms with van der Waals surface area (Å²) in [5.74, 6) is 0. The molecule has 0 spiro atoms. The van der Waals surface area contributed by atoms with Crippen LogP contribution in [0.25, 0.3) is 0 Å². The van der Waals surface area contributed by atoms with Crippen LogP contribution >= 0.6 is 15.9 Å². The first-order valence-electron chi connectivity index (χ1n) is 4.40. The first kappa shape index (κ1) is 8.58. The standard InChI is InChI=1S/C9H17Br/c1-9(10)7-5-3-2-4-6-8-9/h2-8H2,1H3. The first-order valence-corrected chi connectivity index (χ1v) is 5.19. The van der Waals surface area contributed by atoms with Crippen molar-refractivity contribution < 1.29 is 0 Å². The third kappa shape index (κ3) is 3.05. The Hall–Kier alpha value is 0.480. The summed E-state index contributed by atoms with van der Waals surface area (Å²) in [6.07, 6.45) is 9.93. The zero-order valence-electron chi connectivity index (χ0n) is 6.83. The van der Waals surface area contributed by atoms with Crippen molar-refractivity contribution in [2.24, 2.45) is 0 Å². The molecule has 0 bridgehead atoms. The van der Waals surface area contributed by atoms with Crippen molar-refractivity contribution in [2.75, 3.05) is 0 Å². The molecule has 1 saturated carbocycles. The SMILES string of the molecule is CC1(Br)CCCCCCC1. The summed E-state index contributed by atoms with van der Waals surface area (Å²) in [6.45, 7) is 2.33. The summed E-state index contributed by atoms with van der Waals surface area (Å²) in [5, 5.41) is 0. The van der Waals surface area contributed by atoms with Crippen LogP contribution in [0.4, 0.5) is 0 Å². The lowest BCUT2D eigenvalue weighted by molar-refractivity contribution is 0.443. The molecule has 0 amide bonds. The molecule has 1 fully saturated rings. The fraction of sp³-hybridized carbons (Fsp3) is 1.00. The Morgan fingerprint density at radius 3 is 1.80 bits per heavy atom. The van der Waals surface area contributed by atoms with Gasteiger partial charge in [0.05, 0.1) is 0 Å². The van der Waals surface area contributed by atoms with Gasteiger partial charge in [-0.05, 0) is 19.8 Å². The van der Waals surface area contributed by atoms with Crippen LogP contribution < -0.4 is 0 Å². The molecule has 1 aliphatic carbocycles. The third-order valence-corrected chi connectivity index (χ3v) is 3.19. The van der Waals surface area contributed by atoms with Gasteiger partial charge in [-0.3, -0.25) is 0 Å². The van der Waals surface area contributed by atoms with Crippen LogP contribution in [-0.4, -0.2) is 4.32 Å². The van der Waals surface area contributed by atoms with E-state index < -0.39 is 0 Å². The highest BCUT2D eigenvalue weighted by atomic mass is 79.9. The minimum Gasteiger partial charge on any atom is -0.0856 e. The monoisotopic (exact) mass is 204 g/mol. The van der Waals surface area contributed by atoms with Crippen molar-refractivity contribution in [1.82, 2.24) is 0 Å². The molecule has 0 N–H and O–H groups in total. The lowest BCUT2D eigenvalue weighted by Gasteiger charge is -2.24. The topological polar surface area (TPSA) is 0 Å². The Morgan fingerprint density at radius 1 is 0.900 bits per heavy atom. The average Bonchev–Trinajstić information content (AvgIpc) is 1.81. The molecule has 0 aliphatic heterocycles. The van der Waals surface area contributed by atoms with Crippen LogP contribution in [0.1, 0.15) is 51.9 Å². The molecule has 1 aliphatic rings. The average molecular weight is 205 g/mol. The second-order valence-electron chi connectivity index (χ2n) is 3.68. The predicted molar refractivity (Wildman–Crippen MR) is 49.7 cm³/mol. The third-order valence-electron chi connectivity index (χ3n) is 2.40. The van der Waals surface area contributed by atoms with E-state index in [4.69, 9.17) is 0 Å². The Labute approximate surface area is 72.5 Å². The second-order valence-corrected chi connectivity index (χ2v) is 5.60. The van der Waals surface area contributed by atoms with Crippen molar-refractivity contribution in [3.05, 3.63) is 0 Å². The minimum absolute atomic E-state index is 0.466. The zero-order chi connectivity index (χ0) is 7.45. The van der Waals surface area contributed by atoms with E-state index in [-0.39, 0.29) is 0 Å². The van der Waals surface area contributed by atoms with E-state index in [9.17, 15) is 0 Å². The van der Waals surface area contributed by atoms with Crippen molar-refractivity contribution in [2.45, 2.75) is 56.2 Å². The van der Waals surface area contributed by atoms with Crippen molar-refractivity contribution >= 4 is 15.9 Å². The highest BCUT2D eigenvalue weighted by Gasteiger charge is 2.19. The summed E-state index contributed by atoms with van der Waals surface area (Å²) in [6, 6.07) is 0. The van der Waals surface area contributed by atoms with Gasteiger partial charge < -0.3 is 0 Å². The van der Waals surface area contributed by atoms with Gasteiger partial charge in [0.2, 0.25) is 0 Å². The Morgan fingerprint density at radius 2 is 1.30 bits per heavy atom. The van der Waals surface area contributed by atoms with Crippen LogP contribution in [0, 0.1) is 0 Å². The summed E-state index contributed by atoms with van der Waals surface area (Å²) < 4.78 is 0.466. The fourth-order valence-corrected chi connectivity index (χ4v) is 2.20. The van der Waals surface area contributed by atoms with Gasteiger partial charge >= 0.3 is 0 Å². The molecule has 0 radical (unpaired) electrons. The van der Waals surface area contributed by atoms with Crippen LogP contribution in [0.2, 0.25) is 0 Å². The van der Waals surface area contributed by atoms with Crippen LogP contribution in [0.3, 0.4) is 0 Å². The lowest BCUT2D eigenvalue weighted by Crippen LogP contribution is -2.16. The fourth-order valence-electron chi connectivity index (χ4n) is 1.64. The van der Waals surface area contributed by atoms with Crippen LogP contribution in [0.15, 0.2) is 0 Å². The molecule has 10 heavy (non-hydrogen) atoms. The molecule has 0 aromatic rings. The van der Waals surface area contributed by atoms with Gasteiger partial charge in [0.15, 0.2) is 0 Å². The number of hydrogen-bond acceptors (Lipinski definition) is 0. The highest BCUT2D eigenvalue weighted by Crippen LogP contribution is 2.32. The van der Waals surface area contributed by atoms with Crippen LogP contribution in [0.5, 0.6) is 0 Å². The molecule has 0 unspecified atom stereocenters. The van der Waals surface area contributed by atoms with Gasteiger partial charge in [-0.1, -0.05) is 48.0 Å². The van der Waals surface area contributed by atoms with Crippen LogP contribution in [-0.2, 0) is 0 Å². The molecular weight excluding hydrogens is 188 g/mol. The number of halogens is 1. The maximum Gasteiger partial charge on any atom is 0.0229 e. The van der Waals surface area contributed by atoms with Crippen molar-refractivity contribution in [3.63, 3.8) is 0 Å². The Bertz CT molecular complexity index is 86.9. The summed E-state index contributed by atoms with van der Waals surface area (Å²) in [5.41, 5.74) is 0. The van der Waals surface area contributed by atoms with E-state index in [2.05, 4.69) is 22.9 Å². The van der Waals surface area contributed by atoms with Gasteiger partial charge in [-0.15, -0.1) is 0 Å². The normalized spacial score (nSPS) is 27.0. The zero-order valence-corrected chi connectivity index (χ0v) is 8.41. The summed E-state index contributed by atoms with van der Waals surface area (Å²) in [7, 11) is 0. The molecule has 1 rings (SSSR count). The van der Waals surface area contributed by atoms with E-state index in [0.29, 0.717) is 4.32 Å². The molecule has 0 aromatic carbocycles. The first-order chi connectivity index (χ1) is 4.71. The van der Waals surface area contributed by atoms with Gasteiger partial charge in [0.1, 0.15) is 0 Å². The largest absolute Gasteiger partial charge is 0.0856 e. The molecular formula is C9H17Br. The van der Waals surface area contributed by atoms with Gasteiger partial charge in [0.25, 0.3) is 0 Å². The maximum absolute atomic E-state index is 3.78. The quantitative estimate of drug-likeness (QED) is 0.526. The van der Waals surface area contributed by atoms with Crippen molar-refractivity contribution in [3.8, 4) is 0 Å². The van der Waals surface area contributed by atoms with Gasteiger partial charge in [0, 0.05) is 4.32 Å². The lowest BCUT2D eigenvalue weighted by atomic mass is 9.92. The van der Waals surface area contributed by atoms with E-state index in [1.165, 1.54) is 44.9 Å². The molecule has 0 heterocycles. The predicted octanol–water partition coefficient (Wildman–Crippen LogP) is 3.88. The number of alkyl halides is 1. The molecule has 1 heteroatoms. The van der Waals surface area contributed by atoms with E-state index in [1.54, 1.807) is 0 Å².